The van der Waals surface area contributed by atoms with E-state index in [2.05, 4.69) is 14.7 Å². The molecule has 0 saturated heterocycles. The van der Waals surface area contributed by atoms with Crippen molar-refractivity contribution in [2.75, 3.05) is 0 Å². The Bertz CT molecular complexity index is 412. The van der Waals surface area contributed by atoms with Crippen LogP contribution in [0.5, 0.6) is 0 Å². The highest BCUT2D eigenvalue weighted by molar-refractivity contribution is 6.33. The normalized spacial score (nSPS) is 10.3. The number of rotatable bonds is 1. The molecule has 2 rings (SSSR count). The van der Waals surface area contributed by atoms with Crippen LogP contribution in [0.15, 0.2) is 29.1 Å². The van der Waals surface area contributed by atoms with Crippen LogP contribution < -0.4 is 0 Å². The zero-order chi connectivity index (χ0) is 9.26. The Morgan fingerprint density at radius 2 is 2.23 bits per heavy atom. The van der Waals surface area contributed by atoms with Gasteiger partial charge in [-0.2, -0.15) is 4.98 Å². The van der Waals surface area contributed by atoms with Crippen LogP contribution in [0.4, 0.5) is 0 Å². The largest absolute Gasteiger partial charge is 0.342 e. The van der Waals surface area contributed by atoms with E-state index < -0.39 is 0 Å². The monoisotopic (exact) mass is 194 g/mol. The van der Waals surface area contributed by atoms with Gasteiger partial charge in [0, 0.05) is 5.56 Å². The van der Waals surface area contributed by atoms with E-state index in [4.69, 9.17) is 11.6 Å². The van der Waals surface area contributed by atoms with Crippen molar-refractivity contribution >= 4 is 11.6 Å². The van der Waals surface area contributed by atoms with E-state index in [1.54, 1.807) is 0 Å². The summed E-state index contributed by atoms with van der Waals surface area (Å²) in [5.74, 6) is 0.522. The van der Waals surface area contributed by atoms with Gasteiger partial charge in [0.05, 0.1) is 5.02 Å². The topological polar surface area (TPSA) is 38.9 Å². The van der Waals surface area contributed by atoms with Gasteiger partial charge in [-0.05, 0) is 19.1 Å². The van der Waals surface area contributed by atoms with Crippen molar-refractivity contribution in [3.63, 3.8) is 0 Å². The molecule has 13 heavy (non-hydrogen) atoms. The van der Waals surface area contributed by atoms with E-state index in [0.29, 0.717) is 10.8 Å². The van der Waals surface area contributed by atoms with Gasteiger partial charge in [-0.25, -0.2) is 0 Å². The highest BCUT2D eigenvalue weighted by Crippen LogP contribution is 2.25. The maximum absolute atomic E-state index is 5.97. The molecule has 1 aromatic heterocycles. The van der Waals surface area contributed by atoms with Crippen LogP contribution in [0.2, 0.25) is 5.02 Å². The molecule has 0 fully saturated rings. The second kappa shape index (κ2) is 3.18. The lowest BCUT2D eigenvalue weighted by molar-refractivity contribution is 0.419. The third-order valence-electron chi connectivity index (χ3n) is 1.72. The van der Waals surface area contributed by atoms with Crippen LogP contribution in [0.1, 0.15) is 5.56 Å². The summed E-state index contributed by atoms with van der Waals surface area (Å²) >= 11 is 5.97. The van der Waals surface area contributed by atoms with Crippen LogP contribution in [0.25, 0.3) is 11.4 Å². The molecule has 0 aliphatic rings. The Labute approximate surface area is 80.3 Å². The van der Waals surface area contributed by atoms with E-state index in [0.717, 1.165) is 11.1 Å². The molecular formula is C9H7ClN2O. The third-order valence-corrected chi connectivity index (χ3v) is 2.05. The van der Waals surface area contributed by atoms with Crippen molar-refractivity contribution < 1.29 is 4.52 Å². The van der Waals surface area contributed by atoms with Gasteiger partial charge in [0.1, 0.15) is 0 Å². The number of aromatic nitrogens is 2. The first-order chi connectivity index (χ1) is 6.27. The maximum atomic E-state index is 5.97. The molecule has 0 spiro atoms. The SMILES string of the molecule is Cc1ccc(Cl)c(-c2ncon2)c1. The predicted octanol–water partition coefficient (Wildman–Crippen LogP) is 2.70. The summed E-state index contributed by atoms with van der Waals surface area (Å²) in [5.41, 5.74) is 1.92. The van der Waals surface area contributed by atoms with E-state index in [1.807, 2.05) is 25.1 Å². The zero-order valence-corrected chi connectivity index (χ0v) is 7.75. The fraction of sp³-hybridized carbons (Fsp3) is 0.111. The molecule has 1 aromatic carbocycles. The van der Waals surface area contributed by atoms with Crippen LogP contribution in [0.3, 0.4) is 0 Å². The summed E-state index contributed by atoms with van der Waals surface area (Å²) in [4.78, 5) is 3.93. The molecule has 1 heterocycles. The highest BCUT2D eigenvalue weighted by atomic mass is 35.5. The van der Waals surface area contributed by atoms with Gasteiger partial charge in [-0.15, -0.1) is 0 Å². The minimum absolute atomic E-state index is 0.522. The lowest BCUT2D eigenvalue weighted by Gasteiger charge is -1.99. The fourth-order valence-corrected chi connectivity index (χ4v) is 1.30. The molecule has 0 atom stereocenters. The van der Waals surface area contributed by atoms with E-state index in [9.17, 15) is 0 Å². The number of hydrogen-bond donors (Lipinski definition) is 0. The summed E-state index contributed by atoms with van der Waals surface area (Å²) in [6.07, 6.45) is 1.29. The number of benzene rings is 1. The van der Waals surface area contributed by atoms with Crippen LogP contribution >= 0.6 is 11.6 Å². The van der Waals surface area contributed by atoms with Crippen molar-refractivity contribution in [3.8, 4) is 11.4 Å². The van der Waals surface area contributed by atoms with E-state index in [-0.39, 0.29) is 0 Å². The van der Waals surface area contributed by atoms with Crippen LogP contribution in [-0.4, -0.2) is 10.1 Å². The van der Waals surface area contributed by atoms with Crippen molar-refractivity contribution in [3.05, 3.63) is 35.2 Å². The quantitative estimate of drug-likeness (QED) is 0.701. The summed E-state index contributed by atoms with van der Waals surface area (Å²) in [6, 6.07) is 5.68. The average Bonchev–Trinajstić information content (AvgIpc) is 2.61. The molecule has 0 bridgehead atoms. The zero-order valence-electron chi connectivity index (χ0n) is 6.99. The standard InChI is InChI=1S/C9H7ClN2O/c1-6-2-3-8(10)7(4-6)9-11-5-13-12-9/h2-5H,1H3. The summed E-state index contributed by atoms with van der Waals surface area (Å²) < 4.78 is 4.64. The Morgan fingerprint density at radius 1 is 1.38 bits per heavy atom. The second-order valence-electron chi connectivity index (χ2n) is 2.74. The summed E-state index contributed by atoms with van der Waals surface area (Å²) in [5, 5.41) is 4.35. The van der Waals surface area contributed by atoms with Gasteiger partial charge in [-0.1, -0.05) is 28.4 Å². The molecule has 0 radical (unpaired) electrons. The molecule has 0 saturated carbocycles. The third kappa shape index (κ3) is 1.55. The predicted molar refractivity (Wildman–Crippen MR) is 49.5 cm³/mol. The first-order valence-electron chi connectivity index (χ1n) is 3.80. The van der Waals surface area contributed by atoms with Crippen molar-refractivity contribution in [1.82, 2.24) is 10.1 Å². The lowest BCUT2D eigenvalue weighted by Crippen LogP contribution is -1.83. The first kappa shape index (κ1) is 8.26. The Morgan fingerprint density at radius 3 is 2.92 bits per heavy atom. The molecule has 0 aliphatic carbocycles. The van der Waals surface area contributed by atoms with Gasteiger partial charge in [0.2, 0.25) is 12.2 Å². The number of hydrogen-bond acceptors (Lipinski definition) is 3. The van der Waals surface area contributed by atoms with E-state index in [1.165, 1.54) is 6.39 Å². The van der Waals surface area contributed by atoms with Crippen molar-refractivity contribution in [1.29, 1.82) is 0 Å². The maximum Gasteiger partial charge on any atom is 0.214 e. The molecule has 0 aliphatic heterocycles. The number of halogens is 1. The smallest absolute Gasteiger partial charge is 0.214 e. The molecule has 2 aromatic rings. The summed E-state index contributed by atoms with van der Waals surface area (Å²) in [6.45, 7) is 1.99. The van der Waals surface area contributed by atoms with Crippen LogP contribution in [0, 0.1) is 6.92 Å². The minimum atomic E-state index is 0.522. The Kier molecular flexibility index (Phi) is 2.02. The molecule has 4 heteroatoms. The van der Waals surface area contributed by atoms with Gasteiger partial charge < -0.3 is 4.52 Å². The van der Waals surface area contributed by atoms with Crippen LogP contribution in [-0.2, 0) is 0 Å². The molecule has 0 N–H and O–H groups in total. The minimum Gasteiger partial charge on any atom is -0.342 e. The van der Waals surface area contributed by atoms with Gasteiger partial charge in [0.25, 0.3) is 0 Å². The molecule has 3 nitrogen and oxygen atoms in total. The molecule has 66 valence electrons. The van der Waals surface area contributed by atoms with Gasteiger partial charge >= 0.3 is 0 Å². The van der Waals surface area contributed by atoms with E-state index >= 15 is 0 Å². The summed E-state index contributed by atoms with van der Waals surface area (Å²) in [7, 11) is 0. The second-order valence-corrected chi connectivity index (χ2v) is 3.15. The number of aryl methyl sites for hydroxylation is 1. The Hall–Kier alpha value is -1.35. The fourth-order valence-electron chi connectivity index (χ4n) is 1.10. The highest BCUT2D eigenvalue weighted by Gasteiger charge is 2.07. The first-order valence-corrected chi connectivity index (χ1v) is 4.18. The van der Waals surface area contributed by atoms with Crippen molar-refractivity contribution in [2.45, 2.75) is 6.92 Å². The van der Waals surface area contributed by atoms with Crippen molar-refractivity contribution in [2.24, 2.45) is 0 Å². The van der Waals surface area contributed by atoms with Gasteiger partial charge in [-0.3, -0.25) is 0 Å². The Balaban J connectivity index is 2.57. The lowest BCUT2D eigenvalue weighted by atomic mass is 10.1. The van der Waals surface area contributed by atoms with Gasteiger partial charge in [0.15, 0.2) is 0 Å². The molecular weight excluding hydrogens is 188 g/mol. The number of nitrogens with zero attached hydrogens (tertiary/aromatic N) is 2. The molecule has 0 unspecified atom stereocenters. The molecule has 0 amide bonds. The average molecular weight is 195 g/mol.